The van der Waals surface area contributed by atoms with Gasteiger partial charge in [0.2, 0.25) is 0 Å². The summed E-state index contributed by atoms with van der Waals surface area (Å²) in [6.45, 7) is 4.62. The molecule has 0 bridgehead atoms. The van der Waals surface area contributed by atoms with E-state index in [1.807, 2.05) is 0 Å². The smallest absolute Gasteiger partial charge is 0.333 e. The Balaban J connectivity index is 2.25. The average molecular weight is 507 g/mol. The monoisotopic (exact) mass is 506 g/mol. The second-order valence-electron chi connectivity index (χ2n) is 8.23. The summed E-state index contributed by atoms with van der Waals surface area (Å²) in [5, 5.41) is 61.4. The third kappa shape index (κ3) is 6.64. The first-order valence-corrected chi connectivity index (χ1v) is 11.1. The van der Waals surface area contributed by atoms with Gasteiger partial charge in [-0.2, -0.15) is 0 Å². The van der Waals surface area contributed by atoms with Crippen molar-refractivity contribution in [1.82, 2.24) is 0 Å². The fourth-order valence-electron chi connectivity index (χ4n) is 3.41. The number of hydrogen-bond donors (Lipinski definition) is 6. The molecule has 0 aliphatic carbocycles. The van der Waals surface area contributed by atoms with Crippen LogP contribution in [0.5, 0.6) is 0 Å². The standard InChI is InChI=1S/C22H34O13/c1-5-9(3)19(29)33-17-13(25)11(7-23)31-21(15(17)27)35-22-16(28)18(14(26)12(8-24)32-22)34-20(30)10(4)6-2/h5-6,11-18,21-28H,7-8H2,1-4H3/b9-5+,10-6+/t11-,12-,13-,14-,15-,16-,17+,18+,21-,22-/m1/s1. The van der Waals surface area contributed by atoms with E-state index in [9.17, 15) is 40.2 Å². The first-order valence-electron chi connectivity index (χ1n) is 11.1. The van der Waals surface area contributed by atoms with Crippen LogP contribution in [0.1, 0.15) is 27.7 Å². The van der Waals surface area contributed by atoms with Gasteiger partial charge in [-0.25, -0.2) is 9.59 Å². The Labute approximate surface area is 202 Å². The largest absolute Gasteiger partial charge is 0.453 e. The highest BCUT2D eigenvalue weighted by Crippen LogP contribution is 2.30. The molecule has 35 heavy (non-hydrogen) atoms. The highest BCUT2D eigenvalue weighted by molar-refractivity contribution is 5.88. The lowest BCUT2D eigenvalue weighted by atomic mass is 9.97. The van der Waals surface area contributed by atoms with Crippen LogP contribution in [0.4, 0.5) is 0 Å². The van der Waals surface area contributed by atoms with E-state index in [0.29, 0.717) is 0 Å². The number of carbonyl (C=O) groups is 2. The summed E-state index contributed by atoms with van der Waals surface area (Å²) in [4.78, 5) is 24.4. The van der Waals surface area contributed by atoms with Crippen LogP contribution in [-0.4, -0.2) is 117 Å². The zero-order valence-corrected chi connectivity index (χ0v) is 19.9. The van der Waals surface area contributed by atoms with Crippen LogP contribution in [0.3, 0.4) is 0 Å². The fraction of sp³-hybridized carbons (Fsp3) is 0.727. The number of hydrogen-bond acceptors (Lipinski definition) is 13. The summed E-state index contributed by atoms with van der Waals surface area (Å²) in [5.74, 6) is -1.67. The predicted octanol–water partition coefficient (Wildman–Crippen LogP) is -2.36. The van der Waals surface area contributed by atoms with Crippen molar-refractivity contribution < 1.29 is 63.9 Å². The van der Waals surface area contributed by atoms with E-state index < -0.39 is 86.6 Å². The topological polar surface area (TPSA) is 202 Å². The molecule has 10 atom stereocenters. The maximum Gasteiger partial charge on any atom is 0.333 e. The van der Waals surface area contributed by atoms with Gasteiger partial charge >= 0.3 is 11.9 Å². The highest BCUT2D eigenvalue weighted by Gasteiger charge is 2.52. The molecule has 200 valence electrons. The predicted molar refractivity (Wildman–Crippen MR) is 115 cm³/mol. The SMILES string of the molecule is C/C=C(\C)C(=O)O[C@@H]1[C@@H](O)[C@@H](O[C@H]2O[C@H](CO)[C@@H](O)[C@H](OC(=O)/C(C)=C/C)[C@H]2O)O[C@H](CO)[C@H]1O. The lowest BCUT2D eigenvalue weighted by Crippen LogP contribution is -2.64. The van der Waals surface area contributed by atoms with Crippen molar-refractivity contribution >= 4 is 11.9 Å². The number of ether oxygens (including phenoxy) is 5. The number of allylic oxidation sites excluding steroid dienone is 2. The quantitative estimate of drug-likeness (QED) is 0.151. The number of esters is 2. The number of aliphatic hydroxyl groups excluding tert-OH is 6. The van der Waals surface area contributed by atoms with Crippen molar-refractivity contribution in [2.75, 3.05) is 13.2 Å². The molecule has 0 aromatic rings. The maximum absolute atomic E-state index is 12.2. The van der Waals surface area contributed by atoms with Crippen molar-refractivity contribution in [2.24, 2.45) is 0 Å². The Kier molecular flexibility index (Phi) is 10.8. The average Bonchev–Trinajstić information content (AvgIpc) is 2.85. The normalized spacial score (nSPS) is 38.7. The Bertz CT molecular complexity index is 732. The molecular formula is C22H34O13. The highest BCUT2D eigenvalue weighted by atomic mass is 16.8. The Morgan fingerprint density at radius 2 is 1.06 bits per heavy atom. The molecule has 2 heterocycles. The molecule has 6 N–H and O–H groups in total. The maximum atomic E-state index is 12.2. The van der Waals surface area contributed by atoms with E-state index in [0.717, 1.165) is 0 Å². The first-order chi connectivity index (χ1) is 16.5. The minimum absolute atomic E-state index is 0.195. The molecule has 2 aliphatic heterocycles. The lowest BCUT2D eigenvalue weighted by Gasteiger charge is -2.45. The molecule has 0 radical (unpaired) electrons. The van der Waals surface area contributed by atoms with E-state index in [1.54, 1.807) is 13.8 Å². The number of rotatable bonds is 8. The molecule has 13 nitrogen and oxygen atoms in total. The molecule has 0 spiro atoms. The van der Waals surface area contributed by atoms with Gasteiger partial charge in [-0.05, 0) is 27.7 Å². The summed E-state index contributed by atoms with van der Waals surface area (Å²) in [5.41, 5.74) is 0.390. The molecule has 0 aromatic heterocycles. The van der Waals surface area contributed by atoms with Crippen molar-refractivity contribution in [3.05, 3.63) is 23.3 Å². The van der Waals surface area contributed by atoms with Crippen LogP contribution in [0.15, 0.2) is 23.3 Å². The van der Waals surface area contributed by atoms with Gasteiger partial charge in [0.1, 0.15) is 36.6 Å². The van der Waals surface area contributed by atoms with E-state index in [4.69, 9.17) is 23.7 Å². The molecule has 0 amide bonds. The van der Waals surface area contributed by atoms with Gasteiger partial charge in [0.15, 0.2) is 24.8 Å². The Morgan fingerprint density at radius 3 is 1.34 bits per heavy atom. The molecule has 2 aliphatic rings. The van der Waals surface area contributed by atoms with Gasteiger partial charge in [-0.3, -0.25) is 0 Å². The Morgan fingerprint density at radius 1 is 0.714 bits per heavy atom. The second kappa shape index (κ2) is 12.9. The minimum Gasteiger partial charge on any atom is -0.453 e. The summed E-state index contributed by atoms with van der Waals surface area (Å²) in [6.07, 6.45) is -13.2. The van der Waals surface area contributed by atoms with Gasteiger partial charge in [-0.15, -0.1) is 0 Å². The molecule has 13 heteroatoms. The van der Waals surface area contributed by atoms with Crippen molar-refractivity contribution in [1.29, 1.82) is 0 Å². The van der Waals surface area contributed by atoms with Crippen molar-refractivity contribution in [2.45, 2.75) is 89.1 Å². The third-order valence-electron chi connectivity index (χ3n) is 5.91. The van der Waals surface area contributed by atoms with Gasteiger partial charge in [0, 0.05) is 11.1 Å². The van der Waals surface area contributed by atoms with Gasteiger partial charge in [0.05, 0.1) is 13.2 Å². The summed E-state index contributed by atoms with van der Waals surface area (Å²) in [7, 11) is 0. The molecule has 2 fully saturated rings. The Hall–Kier alpha value is -1.94. The van der Waals surface area contributed by atoms with E-state index in [2.05, 4.69) is 0 Å². The molecule has 0 saturated carbocycles. The zero-order chi connectivity index (χ0) is 26.4. The van der Waals surface area contributed by atoms with Crippen LogP contribution in [0.25, 0.3) is 0 Å². The van der Waals surface area contributed by atoms with Crippen molar-refractivity contribution in [3.8, 4) is 0 Å². The molecule has 0 unspecified atom stereocenters. The van der Waals surface area contributed by atoms with Crippen LogP contribution in [-0.2, 0) is 33.3 Å². The zero-order valence-electron chi connectivity index (χ0n) is 19.9. The fourth-order valence-corrected chi connectivity index (χ4v) is 3.41. The van der Waals surface area contributed by atoms with Crippen LogP contribution >= 0.6 is 0 Å². The first kappa shape index (κ1) is 29.3. The minimum atomic E-state index is -1.80. The number of carbonyl (C=O) groups excluding carboxylic acids is 2. The molecule has 0 aromatic carbocycles. The third-order valence-corrected chi connectivity index (χ3v) is 5.91. The van der Waals surface area contributed by atoms with Gasteiger partial charge in [-0.1, -0.05) is 12.2 Å². The van der Waals surface area contributed by atoms with E-state index in [-0.39, 0.29) is 11.1 Å². The van der Waals surface area contributed by atoms with E-state index >= 15 is 0 Å². The summed E-state index contributed by atoms with van der Waals surface area (Å²) in [6, 6.07) is 0. The molecule has 2 saturated heterocycles. The van der Waals surface area contributed by atoms with E-state index in [1.165, 1.54) is 26.0 Å². The van der Waals surface area contributed by atoms with Gasteiger partial charge in [0.25, 0.3) is 0 Å². The van der Waals surface area contributed by atoms with Crippen LogP contribution in [0.2, 0.25) is 0 Å². The molecular weight excluding hydrogens is 472 g/mol. The summed E-state index contributed by atoms with van der Waals surface area (Å²) < 4.78 is 26.6. The summed E-state index contributed by atoms with van der Waals surface area (Å²) >= 11 is 0. The second-order valence-corrected chi connectivity index (χ2v) is 8.23. The lowest BCUT2D eigenvalue weighted by molar-refractivity contribution is -0.376. The van der Waals surface area contributed by atoms with Crippen LogP contribution < -0.4 is 0 Å². The van der Waals surface area contributed by atoms with Gasteiger partial charge < -0.3 is 54.3 Å². The molecule has 2 rings (SSSR count). The van der Waals surface area contributed by atoms with Crippen LogP contribution in [0, 0.1) is 0 Å². The number of aliphatic hydroxyl groups is 6. The van der Waals surface area contributed by atoms with Crippen molar-refractivity contribution in [3.63, 3.8) is 0 Å².